The molecule has 110 valence electrons. The molecule has 4 heteroatoms. The van der Waals surface area contributed by atoms with Crippen LogP contribution in [0.3, 0.4) is 0 Å². The van der Waals surface area contributed by atoms with E-state index in [9.17, 15) is 9.59 Å². The summed E-state index contributed by atoms with van der Waals surface area (Å²) in [4.78, 5) is 22.8. The maximum absolute atomic E-state index is 11.9. The molecule has 1 unspecified atom stereocenters. The molecular weight excluding hydrogens is 244 g/mol. The van der Waals surface area contributed by atoms with Crippen molar-refractivity contribution in [3.63, 3.8) is 0 Å². The molecule has 1 aliphatic carbocycles. The van der Waals surface area contributed by atoms with Gasteiger partial charge in [0.15, 0.2) is 6.10 Å². The lowest BCUT2D eigenvalue weighted by Crippen LogP contribution is -2.38. The van der Waals surface area contributed by atoms with E-state index in [4.69, 9.17) is 9.47 Å². The first-order chi connectivity index (χ1) is 8.81. The molecule has 1 aliphatic rings. The van der Waals surface area contributed by atoms with Crippen molar-refractivity contribution in [2.75, 3.05) is 0 Å². The summed E-state index contributed by atoms with van der Waals surface area (Å²) in [6.45, 7) is 9.37. The van der Waals surface area contributed by atoms with Gasteiger partial charge in [0.05, 0.1) is 0 Å². The molecule has 0 aromatic rings. The summed E-state index contributed by atoms with van der Waals surface area (Å²) in [5.74, 6) is 0.595. The van der Waals surface area contributed by atoms with Gasteiger partial charge in [-0.15, -0.1) is 0 Å². The smallest absolute Gasteiger partial charge is 0.347 e. The SMILES string of the molecule is CC(=O)O[C@@H](C)C(=O)O[C@H]1C[C@H](C)CCC1C(C)C. The molecule has 1 rings (SSSR count). The van der Waals surface area contributed by atoms with Crippen molar-refractivity contribution in [3.8, 4) is 0 Å². The first kappa shape index (κ1) is 16.0. The van der Waals surface area contributed by atoms with Crippen molar-refractivity contribution in [3.05, 3.63) is 0 Å². The summed E-state index contributed by atoms with van der Waals surface area (Å²) >= 11 is 0. The second kappa shape index (κ2) is 6.92. The Morgan fingerprint density at radius 3 is 2.32 bits per heavy atom. The average molecular weight is 270 g/mol. The largest absolute Gasteiger partial charge is 0.459 e. The van der Waals surface area contributed by atoms with Crippen molar-refractivity contribution < 1.29 is 19.1 Å². The normalized spacial score (nSPS) is 28.8. The zero-order chi connectivity index (χ0) is 14.6. The van der Waals surface area contributed by atoms with Crippen LogP contribution in [0.25, 0.3) is 0 Å². The van der Waals surface area contributed by atoms with Crippen molar-refractivity contribution in [2.24, 2.45) is 17.8 Å². The fourth-order valence-electron chi connectivity index (χ4n) is 2.79. The molecule has 0 aromatic heterocycles. The predicted molar refractivity (Wildman–Crippen MR) is 72.5 cm³/mol. The summed E-state index contributed by atoms with van der Waals surface area (Å²) in [5, 5.41) is 0. The van der Waals surface area contributed by atoms with E-state index in [1.807, 2.05) is 0 Å². The van der Waals surface area contributed by atoms with E-state index in [-0.39, 0.29) is 6.10 Å². The van der Waals surface area contributed by atoms with Crippen LogP contribution in [-0.4, -0.2) is 24.1 Å². The molecule has 0 bridgehead atoms. The molecule has 0 radical (unpaired) electrons. The quantitative estimate of drug-likeness (QED) is 0.737. The van der Waals surface area contributed by atoms with Gasteiger partial charge >= 0.3 is 11.9 Å². The second-order valence-electron chi connectivity index (χ2n) is 6.05. The molecule has 1 fully saturated rings. The third kappa shape index (κ3) is 4.84. The minimum Gasteiger partial charge on any atom is -0.459 e. The predicted octanol–water partition coefficient (Wildman–Crippen LogP) is 2.94. The number of esters is 2. The summed E-state index contributed by atoms with van der Waals surface area (Å²) in [7, 11) is 0. The molecule has 4 atom stereocenters. The number of hydrogen-bond acceptors (Lipinski definition) is 4. The highest BCUT2D eigenvalue weighted by atomic mass is 16.6. The summed E-state index contributed by atoms with van der Waals surface area (Å²) in [6.07, 6.45) is 2.33. The fourth-order valence-corrected chi connectivity index (χ4v) is 2.79. The Morgan fingerprint density at radius 2 is 1.79 bits per heavy atom. The van der Waals surface area contributed by atoms with E-state index in [0.29, 0.717) is 17.8 Å². The molecule has 0 heterocycles. The summed E-state index contributed by atoms with van der Waals surface area (Å²) < 4.78 is 10.4. The number of hydrogen-bond donors (Lipinski definition) is 0. The maximum Gasteiger partial charge on any atom is 0.347 e. The monoisotopic (exact) mass is 270 g/mol. The Hall–Kier alpha value is -1.06. The van der Waals surface area contributed by atoms with Crippen LogP contribution in [0.4, 0.5) is 0 Å². The molecule has 0 N–H and O–H groups in total. The highest BCUT2D eigenvalue weighted by molar-refractivity contribution is 5.78. The van der Waals surface area contributed by atoms with Gasteiger partial charge in [-0.2, -0.15) is 0 Å². The molecule has 4 nitrogen and oxygen atoms in total. The Bertz CT molecular complexity index is 324. The molecule has 19 heavy (non-hydrogen) atoms. The molecule has 0 spiro atoms. The topological polar surface area (TPSA) is 52.6 Å². The third-order valence-electron chi connectivity index (χ3n) is 3.90. The number of rotatable bonds is 4. The lowest BCUT2D eigenvalue weighted by molar-refractivity contribution is -0.174. The van der Waals surface area contributed by atoms with E-state index in [1.165, 1.54) is 13.3 Å². The van der Waals surface area contributed by atoms with Crippen LogP contribution in [0.2, 0.25) is 0 Å². The highest BCUT2D eigenvalue weighted by Crippen LogP contribution is 2.35. The average Bonchev–Trinajstić information content (AvgIpc) is 2.27. The van der Waals surface area contributed by atoms with Crippen molar-refractivity contribution in [1.29, 1.82) is 0 Å². The minimum absolute atomic E-state index is 0.0470. The fraction of sp³-hybridized carbons (Fsp3) is 0.867. The first-order valence-corrected chi connectivity index (χ1v) is 7.19. The van der Waals surface area contributed by atoms with Crippen molar-refractivity contribution >= 4 is 11.9 Å². The van der Waals surface area contributed by atoms with Crippen LogP contribution < -0.4 is 0 Å². The van der Waals surface area contributed by atoms with E-state index < -0.39 is 18.0 Å². The van der Waals surface area contributed by atoms with E-state index in [1.54, 1.807) is 6.92 Å². The van der Waals surface area contributed by atoms with Crippen LogP contribution in [0.1, 0.15) is 53.9 Å². The molecular formula is C15H26O4. The van der Waals surface area contributed by atoms with Gasteiger partial charge in [0.1, 0.15) is 6.10 Å². The maximum atomic E-state index is 11.9. The van der Waals surface area contributed by atoms with Gasteiger partial charge in [0.25, 0.3) is 0 Å². The Balaban J connectivity index is 2.60. The van der Waals surface area contributed by atoms with Gasteiger partial charge in [-0.05, 0) is 37.5 Å². The lowest BCUT2D eigenvalue weighted by atomic mass is 9.75. The van der Waals surface area contributed by atoms with Crippen LogP contribution in [0.5, 0.6) is 0 Å². The lowest BCUT2D eigenvalue weighted by Gasteiger charge is -2.37. The number of carbonyl (C=O) groups excluding carboxylic acids is 2. The zero-order valence-electron chi connectivity index (χ0n) is 12.6. The van der Waals surface area contributed by atoms with Gasteiger partial charge < -0.3 is 9.47 Å². The van der Waals surface area contributed by atoms with Crippen LogP contribution in [-0.2, 0) is 19.1 Å². The highest BCUT2D eigenvalue weighted by Gasteiger charge is 2.34. The summed E-state index contributed by atoms with van der Waals surface area (Å²) in [5.41, 5.74) is 0. The van der Waals surface area contributed by atoms with E-state index >= 15 is 0 Å². The van der Waals surface area contributed by atoms with Gasteiger partial charge in [-0.3, -0.25) is 4.79 Å². The second-order valence-corrected chi connectivity index (χ2v) is 6.05. The molecule has 1 saturated carbocycles. The minimum atomic E-state index is -0.817. The molecule has 0 aliphatic heterocycles. The third-order valence-corrected chi connectivity index (χ3v) is 3.90. The van der Waals surface area contributed by atoms with E-state index in [0.717, 1.165) is 12.8 Å². The van der Waals surface area contributed by atoms with E-state index in [2.05, 4.69) is 20.8 Å². The summed E-state index contributed by atoms with van der Waals surface area (Å²) in [6, 6.07) is 0. The number of carbonyl (C=O) groups is 2. The van der Waals surface area contributed by atoms with Gasteiger partial charge in [-0.1, -0.05) is 27.2 Å². The first-order valence-electron chi connectivity index (χ1n) is 7.19. The zero-order valence-corrected chi connectivity index (χ0v) is 12.6. The molecule has 0 amide bonds. The standard InChI is InChI=1S/C15H26O4/c1-9(2)13-7-6-10(3)8-14(13)19-15(17)11(4)18-12(5)16/h9-11,13-14H,6-8H2,1-5H3/t10-,11+,13?,14+/m1/s1. The van der Waals surface area contributed by atoms with Crippen LogP contribution in [0, 0.1) is 17.8 Å². The molecule has 0 aromatic carbocycles. The van der Waals surface area contributed by atoms with Crippen molar-refractivity contribution in [2.45, 2.75) is 66.1 Å². The van der Waals surface area contributed by atoms with Gasteiger partial charge in [0.2, 0.25) is 0 Å². The number of ether oxygens (including phenoxy) is 2. The Kier molecular flexibility index (Phi) is 5.83. The Labute approximate surface area is 115 Å². The van der Waals surface area contributed by atoms with Crippen LogP contribution in [0.15, 0.2) is 0 Å². The van der Waals surface area contributed by atoms with Crippen LogP contribution >= 0.6 is 0 Å². The Morgan fingerprint density at radius 1 is 1.16 bits per heavy atom. The molecule has 0 saturated heterocycles. The van der Waals surface area contributed by atoms with Gasteiger partial charge in [0, 0.05) is 6.92 Å². The van der Waals surface area contributed by atoms with Crippen molar-refractivity contribution in [1.82, 2.24) is 0 Å². The van der Waals surface area contributed by atoms with Gasteiger partial charge in [-0.25, -0.2) is 4.79 Å².